The predicted molar refractivity (Wildman–Crippen MR) is 132 cm³/mol. The number of piperidine rings is 1. The van der Waals surface area contributed by atoms with Crippen LogP contribution in [0.2, 0.25) is 0 Å². The van der Waals surface area contributed by atoms with Crippen molar-refractivity contribution in [2.24, 2.45) is 0 Å². The summed E-state index contributed by atoms with van der Waals surface area (Å²) >= 11 is 0. The molecule has 2 aromatic carbocycles. The highest BCUT2D eigenvalue weighted by atomic mass is 16.7. The molecule has 2 amide bonds. The third kappa shape index (κ3) is 7.21. The third-order valence-electron chi connectivity index (χ3n) is 5.91. The summed E-state index contributed by atoms with van der Waals surface area (Å²) < 4.78 is 15.7. The minimum absolute atomic E-state index is 0.0155. The number of rotatable bonds is 8. The second-order valence-electron chi connectivity index (χ2n) is 8.84. The van der Waals surface area contributed by atoms with Crippen LogP contribution in [0.4, 0.5) is 4.79 Å². The lowest BCUT2D eigenvalue weighted by molar-refractivity contribution is -0.128. The second kappa shape index (κ2) is 12.2. The lowest BCUT2D eigenvalue weighted by Crippen LogP contribution is -2.49. The number of nitrogens with one attached hydrogen (secondary N) is 1. The molecule has 1 aliphatic heterocycles. The van der Waals surface area contributed by atoms with Crippen LogP contribution in [0.5, 0.6) is 11.5 Å². The lowest BCUT2D eigenvalue weighted by atomic mass is 10.0. The van der Waals surface area contributed by atoms with Gasteiger partial charge in [0.2, 0.25) is 0 Å². The first-order valence-electron chi connectivity index (χ1n) is 12.1. The van der Waals surface area contributed by atoms with E-state index < -0.39 is 12.3 Å². The fourth-order valence-corrected chi connectivity index (χ4v) is 3.95. The highest BCUT2D eigenvalue weighted by molar-refractivity contribution is 5.94. The van der Waals surface area contributed by atoms with E-state index in [0.29, 0.717) is 43.2 Å². The van der Waals surface area contributed by atoms with Crippen LogP contribution in [0.3, 0.4) is 0 Å². The number of hydrogen-bond acceptors (Lipinski definition) is 6. The number of hydrogen-bond donors (Lipinski definition) is 1. The largest absolute Gasteiger partial charge is 0.513 e. The first-order valence-corrected chi connectivity index (χ1v) is 12.1. The number of carbonyl (C=O) groups is 3. The molecule has 8 heteroatoms. The van der Waals surface area contributed by atoms with Crippen LogP contribution in [-0.4, -0.2) is 54.7 Å². The van der Waals surface area contributed by atoms with Crippen molar-refractivity contribution in [2.45, 2.75) is 58.6 Å². The monoisotopic (exact) mass is 482 g/mol. The molecule has 0 aromatic heterocycles. The molecule has 1 N–H and O–H groups in total. The molecule has 0 aliphatic carbocycles. The molecular weight excluding hydrogens is 448 g/mol. The van der Waals surface area contributed by atoms with Gasteiger partial charge in [-0.2, -0.15) is 0 Å². The Morgan fingerprint density at radius 1 is 1.00 bits per heavy atom. The summed E-state index contributed by atoms with van der Waals surface area (Å²) in [5, 5.41) is 3.06. The number of nitrogens with zero attached hydrogens (tertiary/aromatic N) is 1. The van der Waals surface area contributed by atoms with Crippen molar-refractivity contribution >= 4 is 18.0 Å². The minimum atomic E-state index is -0.778. The molecule has 1 heterocycles. The second-order valence-corrected chi connectivity index (χ2v) is 8.84. The maximum Gasteiger partial charge on any atom is 0.513 e. The molecule has 0 saturated carbocycles. The van der Waals surface area contributed by atoms with Crippen molar-refractivity contribution in [1.29, 1.82) is 0 Å². The molecule has 0 spiro atoms. The number of amides is 2. The van der Waals surface area contributed by atoms with E-state index in [1.54, 1.807) is 43.0 Å². The quantitative estimate of drug-likeness (QED) is 0.439. The maximum absolute atomic E-state index is 12.8. The number of benzene rings is 2. The Labute approximate surface area is 206 Å². The highest BCUT2D eigenvalue weighted by Crippen LogP contribution is 2.27. The standard InChI is InChI=1S/C27H34N2O6/c1-5-33-27(32)35-22-12-10-20(11-13-22)26(31)29-16-14-21(15-17-29)28-25(30)19(4)34-24-9-7-6-8-23(24)18(2)3/h6-13,18-19,21H,5,14-17H2,1-4H3,(H,28,30). The topological polar surface area (TPSA) is 94.2 Å². The summed E-state index contributed by atoms with van der Waals surface area (Å²) in [6, 6.07) is 14.1. The van der Waals surface area contributed by atoms with Crippen molar-refractivity contribution < 1.29 is 28.6 Å². The molecule has 0 bridgehead atoms. The molecular formula is C27H34N2O6. The zero-order valence-electron chi connectivity index (χ0n) is 20.8. The summed E-state index contributed by atoms with van der Waals surface area (Å²) in [5.74, 6) is 1.08. The molecule has 35 heavy (non-hydrogen) atoms. The summed E-state index contributed by atoms with van der Waals surface area (Å²) in [5.41, 5.74) is 1.58. The Hall–Kier alpha value is -3.55. The van der Waals surface area contributed by atoms with Gasteiger partial charge in [0.25, 0.3) is 11.8 Å². The van der Waals surface area contributed by atoms with E-state index in [2.05, 4.69) is 19.2 Å². The fourth-order valence-electron chi connectivity index (χ4n) is 3.95. The molecule has 8 nitrogen and oxygen atoms in total. The summed E-state index contributed by atoms with van der Waals surface area (Å²) in [6.07, 6.45) is -0.0716. The molecule has 1 aliphatic rings. The third-order valence-corrected chi connectivity index (χ3v) is 5.91. The fraction of sp³-hybridized carbons (Fsp3) is 0.444. The van der Waals surface area contributed by atoms with E-state index in [1.165, 1.54) is 0 Å². The Balaban J connectivity index is 1.47. The van der Waals surface area contributed by atoms with Gasteiger partial charge in [-0.05, 0) is 68.5 Å². The van der Waals surface area contributed by atoms with Gasteiger partial charge in [-0.15, -0.1) is 0 Å². The molecule has 2 aromatic rings. The number of ether oxygens (including phenoxy) is 3. The van der Waals surface area contributed by atoms with Gasteiger partial charge < -0.3 is 24.4 Å². The van der Waals surface area contributed by atoms with Crippen LogP contribution < -0.4 is 14.8 Å². The van der Waals surface area contributed by atoms with Crippen molar-refractivity contribution in [2.75, 3.05) is 19.7 Å². The van der Waals surface area contributed by atoms with Crippen molar-refractivity contribution in [3.8, 4) is 11.5 Å². The number of carbonyl (C=O) groups excluding carboxylic acids is 3. The van der Waals surface area contributed by atoms with Gasteiger partial charge in [0, 0.05) is 24.7 Å². The van der Waals surface area contributed by atoms with Crippen LogP contribution >= 0.6 is 0 Å². The van der Waals surface area contributed by atoms with E-state index in [1.807, 2.05) is 24.3 Å². The minimum Gasteiger partial charge on any atom is -0.481 e. The first kappa shape index (κ1) is 26.1. The van der Waals surface area contributed by atoms with Gasteiger partial charge in [0.15, 0.2) is 6.10 Å². The lowest BCUT2D eigenvalue weighted by Gasteiger charge is -2.33. The predicted octanol–water partition coefficient (Wildman–Crippen LogP) is 4.53. The Morgan fingerprint density at radius 3 is 2.29 bits per heavy atom. The molecule has 1 fully saturated rings. The van der Waals surface area contributed by atoms with Gasteiger partial charge in [0.05, 0.1) is 6.61 Å². The first-order chi connectivity index (χ1) is 16.8. The van der Waals surface area contributed by atoms with E-state index in [9.17, 15) is 14.4 Å². The number of likely N-dealkylation sites (tertiary alicyclic amines) is 1. The van der Waals surface area contributed by atoms with Crippen molar-refractivity contribution in [1.82, 2.24) is 10.2 Å². The molecule has 1 unspecified atom stereocenters. The average Bonchev–Trinajstić information content (AvgIpc) is 2.85. The molecule has 3 rings (SSSR count). The summed E-state index contributed by atoms with van der Waals surface area (Å²) in [7, 11) is 0. The van der Waals surface area contributed by atoms with Crippen LogP contribution in [0.1, 0.15) is 62.4 Å². The summed E-state index contributed by atoms with van der Waals surface area (Å²) in [4.78, 5) is 38.7. The maximum atomic E-state index is 12.8. The van der Waals surface area contributed by atoms with E-state index in [-0.39, 0.29) is 24.5 Å². The van der Waals surface area contributed by atoms with Crippen LogP contribution in [0.25, 0.3) is 0 Å². The highest BCUT2D eigenvalue weighted by Gasteiger charge is 2.27. The van der Waals surface area contributed by atoms with Crippen molar-refractivity contribution in [3.63, 3.8) is 0 Å². The van der Waals surface area contributed by atoms with Crippen LogP contribution in [0.15, 0.2) is 48.5 Å². The molecule has 0 radical (unpaired) electrons. The van der Waals surface area contributed by atoms with Gasteiger partial charge in [0.1, 0.15) is 11.5 Å². The van der Waals surface area contributed by atoms with Crippen LogP contribution in [-0.2, 0) is 9.53 Å². The van der Waals surface area contributed by atoms with Gasteiger partial charge in [-0.25, -0.2) is 4.79 Å². The summed E-state index contributed by atoms with van der Waals surface area (Å²) in [6.45, 7) is 8.93. The van der Waals surface area contributed by atoms with E-state index in [0.717, 1.165) is 11.3 Å². The Morgan fingerprint density at radius 2 is 1.66 bits per heavy atom. The number of para-hydroxylation sites is 1. The zero-order valence-corrected chi connectivity index (χ0v) is 20.8. The van der Waals surface area contributed by atoms with Crippen LogP contribution in [0, 0.1) is 0 Å². The molecule has 1 saturated heterocycles. The molecule has 1 atom stereocenters. The van der Waals surface area contributed by atoms with E-state index in [4.69, 9.17) is 14.2 Å². The molecule has 188 valence electrons. The Bertz CT molecular complexity index is 1010. The normalized spacial score (nSPS) is 14.8. The zero-order chi connectivity index (χ0) is 25.4. The van der Waals surface area contributed by atoms with Gasteiger partial charge in [-0.1, -0.05) is 32.0 Å². The SMILES string of the molecule is CCOC(=O)Oc1ccc(C(=O)N2CCC(NC(=O)C(C)Oc3ccccc3C(C)C)CC2)cc1. The smallest absolute Gasteiger partial charge is 0.481 e. The van der Waals surface area contributed by atoms with E-state index >= 15 is 0 Å². The Kier molecular flexibility index (Phi) is 9.11. The van der Waals surface area contributed by atoms with Gasteiger partial charge >= 0.3 is 6.16 Å². The average molecular weight is 483 g/mol. The van der Waals surface area contributed by atoms with Gasteiger partial charge in [-0.3, -0.25) is 9.59 Å². The van der Waals surface area contributed by atoms with Crippen molar-refractivity contribution in [3.05, 3.63) is 59.7 Å².